The molecule has 0 aliphatic heterocycles. The van der Waals surface area contributed by atoms with E-state index in [1.54, 1.807) is 0 Å². The average Bonchev–Trinajstić information content (AvgIpc) is 4.00. The zero-order valence-electron chi connectivity index (χ0n) is 34.2. The third kappa shape index (κ3) is 5.59. The normalized spacial score (nSPS) is 11.8. The monoisotopic (exact) mass is 802 g/mol. The van der Waals surface area contributed by atoms with E-state index >= 15 is 0 Å². The Hall–Kier alpha value is -8.47. The standard InChI is InChI=1S/C59H38N4/c1-2-16-40(17-3-1)52-36-41(39-30-32-43(33-31-39)61-54-24-10-4-18-46(54)47-19-5-11-25-55(47)61)37-53(60-52)42-34-44(62-56-26-12-6-20-48(56)49-21-7-13-27-57(49)62)38-45(35-42)63-58-28-14-8-22-50(58)51-23-9-15-29-59(51)63/h1-38H. The number of nitrogens with zero attached hydrogens (tertiary/aromatic N) is 4. The lowest BCUT2D eigenvalue weighted by Crippen LogP contribution is -2.01. The second-order valence-electron chi connectivity index (χ2n) is 16.4. The van der Waals surface area contributed by atoms with Gasteiger partial charge in [0.15, 0.2) is 0 Å². The van der Waals surface area contributed by atoms with Crippen LogP contribution in [0.1, 0.15) is 0 Å². The Morgan fingerprint density at radius 3 is 0.952 bits per heavy atom. The molecule has 4 nitrogen and oxygen atoms in total. The highest BCUT2D eigenvalue weighted by atomic mass is 15.0. The molecular formula is C59H38N4. The zero-order valence-corrected chi connectivity index (χ0v) is 34.2. The van der Waals surface area contributed by atoms with Crippen LogP contribution in [-0.2, 0) is 0 Å². The van der Waals surface area contributed by atoms with Crippen LogP contribution < -0.4 is 0 Å². The number of benzene rings is 9. The van der Waals surface area contributed by atoms with Gasteiger partial charge in [0.2, 0.25) is 0 Å². The zero-order chi connectivity index (χ0) is 41.4. The quantitative estimate of drug-likeness (QED) is 0.165. The molecule has 0 saturated heterocycles. The van der Waals surface area contributed by atoms with E-state index in [4.69, 9.17) is 4.98 Å². The highest BCUT2D eigenvalue weighted by Crippen LogP contribution is 2.39. The van der Waals surface area contributed by atoms with E-state index in [1.807, 2.05) is 0 Å². The molecule has 0 saturated carbocycles. The van der Waals surface area contributed by atoms with Crippen LogP contribution in [0.3, 0.4) is 0 Å². The van der Waals surface area contributed by atoms with E-state index in [9.17, 15) is 0 Å². The van der Waals surface area contributed by atoms with Crippen molar-refractivity contribution in [3.8, 4) is 50.7 Å². The molecule has 0 atom stereocenters. The first kappa shape index (κ1) is 35.3. The van der Waals surface area contributed by atoms with Gasteiger partial charge in [0, 0.05) is 60.5 Å². The third-order valence-electron chi connectivity index (χ3n) is 12.8. The number of para-hydroxylation sites is 6. The Labute approximate surface area is 363 Å². The summed E-state index contributed by atoms with van der Waals surface area (Å²) in [6, 6.07) is 83.4. The first-order chi connectivity index (χ1) is 31.2. The second-order valence-corrected chi connectivity index (χ2v) is 16.4. The lowest BCUT2D eigenvalue weighted by Gasteiger charge is -2.17. The highest BCUT2D eigenvalue weighted by Gasteiger charge is 2.19. The maximum absolute atomic E-state index is 5.50. The number of aromatic nitrogens is 4. The fourth-order valence-electron chi connectivity index (χ4n) is 10.0. The number of rotatable bonds is 6. The molecule has 13 rings (SSSR count). The van der Waals surface area contributed by atoms with Crippen LogP contribution >= 0.6 is 0 Å². The first-order valence-electron chi connectivity index (χ1n) is 21.5. The van der Waals surface area contributed by atoms with Crippen molar-refractivity contribution in [2.24, 2.45) is 0 Å². The molecule has 0 aliphatic carbocycles. The van der Waals surface area contributed by atoms with Gasteiger partial charge in [-0.15, -0.1) is 0 Å². The lowest BCUT2D eigenvalue weighted by atomic mass is 9.99. The van der Waals surface area contributed by atoms with Gasteiger partial charge in [-0.2, -0.15) is 0 Å². The minimum absolute atomic E-state index is 0.905. The Morgan fingerprint density at radius 1 is 0.222 bits per heavy atom. The molecule has 294 valence electrons. The fourth-order valence-corrected chi connectivity index (χ4v) is 10.0. The van der Waals surface area contributed by atoms with Gasteiger partial charge in [-0.25, -0.2) is 4.98 Å². The van der Waals surface area contributed by atoms with Crippen molar-refractivity contribution in [3.63, 3.8) is 0 Å². The minimum Gasteiger partial charge on any atom is -0.309 e. The van der Waals surface area contributed by atoms with Crippen molar-refractivity contribution in [3.05, 3.63) is 231 Å². The summed E-state index contributed by atoms with van der Waals surface area (Å²) in [5.41, 5.74) is 16.5. The molecule has 0 fully saturated rings. The van der Waals surface area contributed by atoms with E-state index in [-0.39, 0.29) is 0 Å². The molecule has 0 N–H and O–H groups in total. The van der Waals surface area contributed by atoms with Gasteiger partial charge in [-0.1, -0.05) is 152 Å². The molecule has 13 aromatic rings. The minimum atomic E-state index is 0.905. The predicted octanol–water partition coefficient (Wildman–Crippen LogP) is 15.4. The van der Waals surface area contributed by atoms with Crippen LogP contribution in [0.4, 0.5) is 0 Å². The number of hydrogen-bond donors (Lipinski definition) is 0. The van der Waals surface area contributed by atoms with Crippen molar-refractivity contribution in [1.29, 1.82) is 0 Å². The molecule has 63 heavy (non-hydrogen) atoms. The number of hydrogen-bond acceptors (Lipinski definition) is 1. The van der Waals surface area contributed by atoms with Crippen LogP contribution in [-0.4, -0.2) is 18.7 Å². The molecular weight excluding hydrogens is 765 g/mol. The summed E-state index contributed by atoms with van der Waals surface area (Å²) < 4.78 is 7.21. The number of pyridine rings is 1. The fraction of sp³-hybridized carbons (Fsp3) is 0. The highest BCUT2D eigenvalue weighted by molar-refractivity contribution is 6.11. The summed E-state index contributed by atoms with van der Waals surface area (Å²) in [6.07, 6.45) is 0. The van der Waals surface area contributed by atoms with Gasteiger partial charge in [0.25, 0.3) is 0 Å². The van der Waals surface area contributed by atoms with E-state index < -0.39 is 0 Å². The van der Waals surface area contributed by atoms with Crippen LogP contribution in [0.15, 0.2) is 231 Å². The second kappa shape index (κ2) is 14.1. The van der Waals surface area contributed by atoms with Crippen LogP contribution in [0.25, 0.3) is 116 Å². The van der Waals surface area contributed by atoms with E-state index in [0.717, 1.165) is 50.7 Å². The Balaban J connectivity index is 1.05. The van der Waals surface area contributed by atoms with E-state index in [2.05, 4.69) is 244 Å². The van der Waals surface area contributed by atoms with Gasteiger partial charge < -0.3 is 13.7 Å². The molecule has 0 spiro atoms. The molecule has 4 heteroatoms. The van der Waals surface area contributed by atoms with Gasteiger partial charge in [0.1, 0.15) is 0 Å². The topological polar surface area (TPSA) is 27.7 Å². The number of fused-ring (bicyclic) bond motifs is 9. The third-order valence-corrected chi connectivity index (χ3v) is 12.8. The van der Waals surface area contributed by atoms with Crippen LogP contribution in [0.2, 0.25) is 0 Å². The van der Waals surface area contributed by atoms with Crippen LogP contribution in [0.5, 0.6) is 0 Å². The summed E-state index contributed by atoms with van der Waals surface area (Å²) in [6.45, 7) is 0. The largest absolute Gasteiger partial charge is 0.309 e. The van der Waals surface area contributed by atoms with Crippen molar-refractivity contribution in [2.45, 2.75) is 0 Å². The van der Waals surface area contributed by atoms with Crippen molar-refractivity contribution < 1.29 is 0 Å². The van der Waals surface area contributed by atoms with Gasteiger partial charge in [0.05, 0.1) is 44.5 Å². The lowest BCUT2D eigenvalue weighted by molar-refractivity contribution is 1.13. The van der Waals surface area contributed by atoms with E-state index in [1.165, 1.54) is 65.4 Å². The smallest absolute Gasteiger partial charge is 0.0717 e. The molecule has 9 aromatic carbocycles. The molecule has 4 heterocycles. The van der Waals surface area contributed by atoms with Crippen molar-refractivity contribution >= 4 is 65.4 Å². The summed E-state index contributed by atoms with van der Waals surface area (Å²) in [5.74, 6) is 0. The summed E-state index contributed by atoms with van der Waals surface area (Å²) >= 11 is 0. The molecule has 4 aromatic heterocycles. The van der Waals surface area contributed by atoms with E-state index in [0.29, 0.717) is 0 Å². The maximum atomic E-state index is 5.50. The predicted molar refractivity (Wildman–Crippen MR) is 264 cm³/mol. The Morgan fingerprint density at radius 2 is 0.556 bits per heavy atom. The van der Waals surface area contributed by atoms with Crippen molar-refractivity contribution in [2.75, 3.05) is 0 Å². The maximum Gasteiger partial charge on any atom is 0.0717 e. The van der Waals surface area contributed by atoms with Gasteiger partial charge >= 0.3 is 0 Å². The summed E-state index contributed by atoms with van der Waals surface area (Å²) in [7, 11) is 0. The Bertz CT molecular complexity index is 3610. The van der Waals surface area contributed by atoms with Gasteiger partial charge in [-0.3, -0.25) is 0 Å². The van der Waals surface area contributed by atoms with Gasteiger partial charge in [-0.05, 0) is 90.0 Å². The summed E-state index contributed by atoms with van der Waals surface area (Å²) in [5, 5.41) is 7.43. The SMILES string of the molecule is c1ccc(-c2cc(-c3ccc(-n4c5ccccc5c5ccccc54)cc3)cc(-c3cc(-n4c5ccccc5c5ccccc54)cc(-n4c5ccccc5c5ccccc54)c3)n2)cc1. The van der Waals surface area contributed by atoms with Crippen molar-refractivity contribution in [1.82, 2.24) is 18.7 Å². The molecule has 0 aliphatic rings. The summed E-state index contributed by atoms with van der Waals surface area (Å²) in [4.78, 5) is 5.50. The first-order valence-corrected chi connectivity index (χ1v) is 21.5. The molecule has 0 unspecified atom stereocenters. The molecule has 0 bridgehead atoms. The van der Waals surface area contributed by atoms with Crippen LogP contribution in [0, 0.1) is 0 Å². The molecule has 0 amide bonds. The molecule has 0 radical (unpaired) electrons. The Kier molecular flexibility index (Phi) is 7.87. The average molecular weight is 803 g/mol.